The van der Waals surface area contributed by atoms with Gasteiger partial charge in [0.2, 0.25) is 0 Å². The van der Waals surface area contributed by atoms with E-state index in [9.17, 15) is 0 Å². The lowest BCUT2D eigenvalue weighted by molar-refractivity contribution is 0.512. The zero-order valence-corrected chi connectivity index (χ0v) is 14.2. The fraction of sp³-hybridized carbons (Fsp3) is 0.211. The van der Waals surface area contributed by atoms with Gasteiger partial charge < -0.3 is 4.57 Å². The van der Waals surface area contributed by atoms with E-state index in [0.717, 1.165) is 23.7 Å². The lowest BCUT2D eigenvalue weighted by Crippen LogP contribution is -2.28. The third-order valence-corrected chi connectivity index (χ3v) is 6.13. The van der Waals surface area contributed by atoms with E-state index < -0.39 is 0 Å². The quantitative estimate of drug-likeness (QED) is 0.670. The van der Waals surface area contributed by atoms with Crippen molar-refractivity contribution in [2.75, 3.05) is 0 Å². The van der Waals surface area contributed by atoms with Crippen LogP contribution in [0.2, 0.25) is 5.02 Å². The predicted octanol–water partition coefficient (Wildman–Crippen LogP) is 4.92. The molecule has 0 spiro atoms. The molecule has 0 radical (unpaired) electrons. The zero-order chi connectivity index (χ0) is 15.7. The maximum absolute atomic E-state index is 6.19. The van der Waals surface area contributed by atoms with Gasteiger partial charge in [-0.25, -0.2) is 4.98 Å². The Morgan fingerprint density at radius 1 is 1.17 bits per heavy atom. The summed E-state index contributed by atoms with van der Waals surface area (Å²) in [5, 5.41) is 0.822. The molecule has 2 aromatic carbocycles. The van der Waals surface area contributed by atoms with Crippen LogP contribution in [0.5, 0.6) is 0 Å². The number of nitrogens with zero attached hydrogens (tertiary/aromatic N) is 2. The third-order valence-electron chi connectivity index (χ3n) is 4.39. The van der Waals surface area contributed by atoms with Gasteiger partial charge in [0.1, 0.15) is 0 Å². The second-order valence-corrected chi connectivity index (χ2v) is 7.78. The lowest BCUT2D eigenvalue weighted by atomic mass is 9.88. The minimum Gasteiger partial charge on any atom is -0.336 e. The van der Waals surface area contributed by atoms with Crippen molar-refractivity contribution in [3.05, 3.63) is 89.0 Å². The molecule has 0 amide bonds. The Bertz CT molecular complexity index is 802. The molecule has 4 rings (SSSR count). The number of fused-ring (bicyclic) bond motifs is 1. The summed E-state index contributed by atoms with van der Waals surface area (Å²) in [4.78, 5) is 4.21. The number of benzene rings is 2. The van der Waals surface area contributed by atoms with Gasteiger partial charge in [0.05, 0.1) is 11.1 Å². The van der Waals surface area contributed by atoms with Crippen LogP contribution >= 0.6 is 23.4 Å². The van der Waals surface area contributed by atoms with Gasteiger partial charge in [-0.3, -0.25) is 0 Å². The molecule has 23 heavy (non-hydrogen) atoms. The number of hydrogen-bond acceptors (Lipinski definition) is 2. The second kappa shape index (κ2) is 6.06. The van der Waals surface area contributed by atoms with E-state index >= 15 is 0 Å². The summed E-state index contributed by atoms with van der Waals surface area (Å²) in [7, 11) is 0. The highest BCUT2D eigenvalue weighted by Crippen LogP contribution is 2.50. The Kier molecular flexibility index (Phi) is 3.92. The molecule has 116 valence electrons. The lowest BCUT2D eigenvalue weighted by Gasteiger charge is -2.30. The van der Waals surface area contributed by atoms with Crippen molar-refractivity contribution in [1.82, 2.24) is 9.55 Å². The number of imidazole rings is 1. The topological polar surface area (TPSA) is 17.8 Å². The molecule has 1 aliphatic heterocycles. The Labute approximate surface area is 145 Å². The SMILES string of the molecule is Clc1ccc2c(c1)CSC2(Cc1ccccc1)Cn1ccnc1. The molecule has 0 bridgehead atoms. The molecule has 0 saturated carbocycles. The zero-order valence-electron chi connectivity index (χ0n) is 12.7. The average molecular weight is 341 g/mol. The molecule has 2 heterocycles. The van der Waals surface area contributed by atoms with Crippen molar-refractivity contribution in [3.63, 3.8) is 0 Å². The van der Waals surface area contributed by atoms with Gasteiger partial charge in [-0.2, -0.15) is 0 Å². The number of hydrogen-bond donors (Lipinski definition) is 0. The van der Waals surface area contributed by atoms with Crippen molar-refractivity contribution in [3.8, 4) is 0 Å². The second-order valence-electron chi connectivity index (χ2n) is 5.98. The first-order chi connectivity index (χ1) is 11.3. The highest BCUT2D eigenvalue weighted by Gasteiger charge is 2.40. The van der Waals surface area contributed by atoms with E-state index in [4.69, 9.17) is 11.6 Å². The van der Waals surface area contributed by atoms with E-state index in [-0.39, 0.29) is 4.75 Å². The number of halogens is 1. The summed E-state index contributed by atoms with van der Waals surface area (Å²) in [6.07, 6.45) is 6.80. The molecule has 1 atom stereocenters. The molecule has 1 aromatic heterocycles. The summed E-state index contributed by atoms with van der Waals surface area (Å²) in [5.74, 6) is 1.01. The smallest absolute Gasteiger partial charge is 0.0946 e. The maximum atomic E-state index is 6.19. The summed E-state index contributed by atoms with van der Waals surface area (Å²) < 4.78 is 2.21. The standard InChI is InChI=1S/C19H17ClN2S/c20-17-6-7-18-16(10-17)12-23-19(18,13-22-9-8-21-14-22)11-15-4-2-1-3-5-15/h1-10,14H,11-13H2. The van der Waals surface area contributed by atoms with Gasteiger partial charge in [0.25, 0.3) is 0 Å². The van der Waals surface area contributed by atoms with Crippen LogP contribution < -0.4 is 0 Å². The van der Waals surface area contributed by atoms with Crippen molar-refractivity contribution in [2.24, 2.45) is 0 Å². The van der Waals surface area contributed by atoms with Crippen LogP contribution in [0.15, 0.2) is 67.3 Å². The molecule has 1 unspecified atom stereocenters. The van der Waals surface area contributed by atoms with Crippen LogP contribution in [-0.4, -0.2) is 9.55 Å². The molecule has 1 aliphatic rings. The van der Waals surface area contributed by atoms with Crippen LogP contribution in [0, 0.1) is 0 Å². The van der Waals surface area contributed by atoms with Gasteiger partial charge in [-0.15, -0.1) is 11.8 Å². The van der Waals surface area contributed by atoms with E-state index in [0.29, 0.717) is 0 Å². The van der Waals surface area contributed by atoms with Crippen molar-refractivity contribution >= 4 is 23.4 Å². The van der Waals surface area contributed by atoms with Gasteiger partial charge in [-0.1, -0.05) is 48.0 Å². The van der Waals surface area contributed by atoms with Crippen LogP contribution in [0.25, 0.3) is 0 Å². The first kappa shape index (κ1) is 14.9. The first-order valence-corrected chi connectivity index (χ1v) is 9.04. The van der Waals surface area contributed by atoms with Gasteiger partial charge in [0.15, 0.2) is 0 Å². The highest BCUT2D eigenvalue weighted by atomic mass is 35.5. The fourth-order valence-corrected chi connectivity index (χ4v) is 5.08. The van der Waals surface area contributed by atoms with Gasteiger partial charge in [-0.05, 0) is 35.2 Å². The fourth-order valence-electron chi connectivity index (χ4n) is 3.35. The number of aromatic nitrogens is 2. The van der Waals surface area contributed by atoms with Crippen molar-refractivity contribution in [1.29, 1.82) is 0 Å². The molecule has 0 saturated heterocycles. The van der Waals surface area contributed by atoms with E-state index in [1.807, 2.05) is 36.5 Å². The largest absolute Gasteiger partial charge is 0.336 e. The molecule has 2 nitrogen and oxygen atoms in total. The van der Waals surface area contributed by atoms with E-state index in [1.165, 1.54) is 16.7 Å². The molecule has 0 fully saturated rings. The van der Waals surface area contributed by atoms with Gasteiger partial charge >= 0.3 is 0 Å². The highest BCUT2D eigenvalue weighted by molar-refractivity contribution is 7.99. The molecule has 0 aliphatic carbocycles. The van der Waals surface area contributed by atoms with Crippen LogP contribution in [-0.2, 0) is 23.5 Å². The maximum Gasteiger partial charge on any atom is 0.0946 e. The summed E-state index contributed by atoms with van der Waals surface area (Å²) >= 11 is 8.21. The molecule has 0 N–H and O–H groups in total. The Hall–Kier alpha value is -1.71. The van der Waals surface area contributed by atoms with Crippen LogP contribution in [0.3, 0.4) is 0 Å². The molecule has 3 aromatic rings. The summed E-state index contributed by atoms with van der Waals surface area (Å²) in [6.45, 7) is 0.918. The summed E-state index contributed by atoms with van der Waals surface area (Å²) in [5.41, 5.74) is 4.13. The predicted molar refractivity (Wildman–Crippen MR) is 96.8 cm³/mol. The average Bonchev–Trinajstić information content (AvgIpc) is 3.17. The third kappa shape index (κ3) is 2.91. The van der Waals surface area contributed by atoms with Crippen molar-refractivity contribution in [2.45, 2.75) is 23.5 Å². The molecule has 4 heteroatoms. The Morgan fingerprint density at radius 2 is 2.04 bits per heavy atom. The minimum atomic E-state index is 0.0297. The number of rotatable bonds is 4. The normalized spacial score (nSPS) is 19.7. The van der Waals surface area contributed by atoms with Gasteiger partial charge in [0, 0.05) is 29.7 Å². The van der Waals surface area contributed by atoms with E-state index in [2.05, 4.69) is 52.0 Å². The molecular formula is C19H17ClN2S. The minimum absolute atomic E-state index is 0.0297. The van der Waals surface area contributed by atoms with Crippen molar-refractivity contribution < 1.29 is 0 Å². The molecular weight excluding hydrogens is 324 g/mol. The monoisotopic (exact) mass is 340 g/mol. The van der Waals surface area contributed by atoms with Crippen LogP contribution in [0.4, 0.5) is 0 Å². The number of thioether (sulfide) groups is 1. The van der Waals surface area contributed by atoms with E-state index in [1.54, 1.807) is 0 Å². The Balaban J connectivity index is 1.76. The van der Waals surface area contributed by atoms with Crippen LogP contribution in [0.1, 0.15) is 16.7 Å². The first-order valence-electron chi connectivity index (χ1n) is 7.68. The summed E-state index contributed by atoms with van der Waals surface area (Å²) in [6, 6.07) is 17.1. The Morgan fingerprint density at radius 3 is 2.83 bits per heavy atom.